The first-order valence-corrected chi connectivity index (χ1v) is 4.59. The van der Waals surface area contributed by atoms with E-state index in [9.17, 15) is 8.78 Å². The van der Waals surface area contributed by atoms with Crippen LogP contribution >= 0.6 is 0 Å². The summed E-state index contributed by atoms with van der Waals surface area (Å²) in [5.41, 5.74) is 5.73. The summed E-state index contributed by atoms with van der Waals surface area (Å²) in [5, 5.41) is 2.61. The maximum Gasteiger partial charge on any atom is 0.149 e. The summed E-state index contributed by atoms with van der Waals surface area (Å²) in [6, 6.07) is 6.72. The van der Waals surface area contributed by atoms with Crippen LogP contribution in [-0.4, -0.2) is 4.98 Å². The van der Waals surface area contributed by atoms with E-state index in [-0.39, 0.29) is 11.5 Å². The first kappa shape index (κ1) is 10.4. The van der Waals surface area contributed by atoms with E-state index in [1.807, 2.05) is 0 Å². The van der Waals surface area contributed by atoms with Crippen molar-refractivity contribution in [1.82, 2.24) is 4.98 Å². The maximum atomic E-state index is 13.3. The third kappa shape index (κ3) is 2.08. The Labute approximate surface area is 90.9 Å². The summed E-state index contributed by atoms with van der Waals surface area (Å²) in [6.07, 6.45) is 1.45. The lowest BCUT2D eigenvalue weighted by molar-refractivity contribution is 0.591. The molecule has 1 heterocycles. The average Bonchev–Trinajstić information content (AvgIpc) is 2.24. The van der Waals surface area contributed by atoms with Gasteiger partial charge in [0.05, 0.1) is 0 Å². The van der Waals surface area contributed by atoms with Gasteiger partial charge in [0.25, 0.3) is 0 Å². The van der Waals surface area contributed by atoms with Gasteiger partial charge in [-0.1, -0.05) is 6.07 Å². The molecule has 0 saturated carbocycles. The highest BCUT2D eigenvalue weighted by molar-refractivity contribution is 5.62. The van der Waals surface area contributed by atoms with Gasteiger partial charge in [0, 0.05) is 18.0 Å². The lowest BCUT2D eigenvalue weighted by Gasteiger charge is -2.08. The molecule has 0 spiro atoms. The summed E-state index contributed by atoms with van der Waals surface area (Å²) in [4.78, 5) is 3.78. The number of nitrogens with two attached hydrogens (primary N) is 1. The zero-order valence-corrected chi connectivity index (χ0v) is 8.24. The van der Waals surface area contributed by atoms with E-state index in [4.69, 9.17) is 5.73 Å². The summed E-state index contributed by atoms with van der Waals surface area (Å²) < 4.78 is 26.6. The fourth-order valence-electron chi connectivity index (χ4n) is 1.29. The van der Waals surface area contributed by atoms with Crippen LogP contribution in [0.25, 0.3) is 0 Å². The number of hydrogen-bond donors (Lipinski definition) is 2. The van der Waals surface area contributed by atoms with Crippen LogP contribution in [0.1, 0.15) is 0 Å². The van der Waals surface area contributed by atoms with Gasteiger partial charge >= 0.3 is 0 Å². The highest BCUT2D eigenvalue weighted by atomic mass is 19.1. The Bertz CT molecular complexity index is 494. The number of hydrogen-bond acceptors (Lipinski definition) is 3. The van der Waals surface area contributed by atoms with Crippen molar-refractivity contribution in [3.05, 3.63) is 48.2 Å². The van der Waals surface area contributed by atoms with Gasteiger partial charge in [-0.05, 0) is 18.2 Å². The number of aromatic nitrogens is 1. The first-order chi connectivity index (χ1) is 7.66. The number of rotatable bonds is 2. The molecule has 0 radical (unpaired) electrons. The van der Waals surface area contributed by atoms with E-state index in [2.05, 4.69) is 10.3 Å². The summed E-state index contributed by atoms with van der Waals surface area (Å²) in [7, 11) is 0. The number of nitrogen functional groups attached to an aromatic ring is 1. The molecular weight excluding hydrogens is 212 g/mol. The van der Waals surface area contributed by atoms with Crippen LogP contribution in [0.4, 0.5) is 26.0 Å². The summed E-state index contributed by atoms with van der Waals surface area (Å²) in [6.45, 7) is 0. The van der Waals surface area contributed by atoms with Gasteiger partial charge in [0.1, 0.15) is 23.1 Å². The molecule has 2 rings (SSSR count). The van der Waals surface area contributed by atoms with Crippen LogP contribution in [0, 0.1) is 11.6 Å². The molecule has 0 amide bonds. The second-order valence-corrected chi connectivity index (χ2v) is 3.19. The third-order valence-corrected chi connectivity index (χ3v) is 2.01. The molecule has 2 aromatic rings. The summed E-state index contributed by atoms with van der Waals surface area (Å²) in [5.74, 6) is -1.03. The van der Waals surface area contributed by atoms with Gasteiger partial charge in [-0.15, -0.1) is 0 Å². The number of anilines is 3. The Morgan fingerprint density at radius 2 is 1.81 bits per heavy atom. The van der Waals surface area contributed by atoms with Crippen LogP contribution in [0.3, 0.4) is 0 Å². The van der Waals surface area contributed by atoms with Gasteiger partial charge in [0.2, 0.25) is 0 Å². The monoisotopic (exact) mass is 221 g/mol. The van der Waals surface area contributed by atoms with E-state index in [0.29, 0.717) is 5.69 Å². The molecule has 16 heavy (non-hydrogen) atoms. The molecule has 0 saturated heterocycles. The normalized spacial score (nSPS) is 10.1. The molecule has 0 unspecified atom stereocenters. The van der Waals surface area contributed by atoms with Crippen LogP contribution in [0.15, 0.2) is 36.5 Å². The molecule has 3 nitrogen and oxygen atoms in total. The Hall–Kier alpha value is -2.17. The topological polar surface area (TPSA) is 50.9 Å². The summed E-state index contributed by atoms with van der Waals surface area (Å²) >= 11 is 0. The fourth-order valence-corrected chi connectivity index (χ4v) is 1.29. The van der Waals surface area contributed by atoms with Crippen molar-refractivity contribution in [3.8, 4) is 0 Å². The molecule has 0 bridgehead atoms. The second-order valence-electron chi connectivity index (χ2n) is 3.19. The van der Waals surface area contributed by atoms with Crippen LogP contribution in [0.5, 0.6) is 0 Å². The molecule has 1 aromatic carbocycles. The van der Waals surface area contributed by atoms with Gasteiger partial charge in [0.15, 0.2) is 0 Å². The fraction of sp³-hybridized carbons (Fsp3) is 0. The van der Waals surface area contributed by atoms with E-state index in [1.54, 1.807) is 6.07 Å². The predicted octanol–water partition coefficient (Wildman–Crippen LogP) is 2.69. The quantitative estimate of drug-likeness (QED) is 0.819. The highest BCUT2D eigenvalue weighted by Gasteiger charge is 2.08. The lowest BCUT2D eigenvalue weighted by Crippen LogP contribution is -1.98. The Morgan fingerprint density at radius 1 is 1.12 bits per heavy atom. The molecule has 82 valence electrons. The molecule has 3 N–H and O–H groups in total. The van der Waals surface area contributed by atoms with Gasteiger partial charge in [-0.3, -0.25) is 0 Å². The minimum absolute atomic E-state index is 0.201. The van der Waals surface area contributed by atoms with Crippen LogP contribution in [-0.2, 0) is 0 Å². The number of nitrogens with one attached hydrogen (secondary N) is 1. The SMILES string of the molecule is Nc1cc(Nc2c(F)cccc2F)ccn1. The van der Waals surface area contributed by atoms with Crippen molar-refractivity contribution in [2.24, 2.45) is 0 Å². The van der Waals surface area contributed by atoms with E-state index in [1.165, 1.54) is 30.5 Å². The van der Waals surface area contributed by atoms with Gasteiger partial charge in [-0.2, -0.15) is 0 Å². The molecule has 1 aromatic heterocycles. The first-order valence-electron chi connectivity index (χ1n) is 4.59. The maximum absolute atomic E-state index is 13.3. The van der Waals surface area contributed by atoms with E-state index < -0.39 is 11.6 Å². The number of nitrogens with zero attached hydrogens (tertiary/aromatic N) is 1. The number of pyridine rings is 1. The van der Waals surface area contributed by atoms with Crippen LogP contribution in [0.2, 0.25) is 0 Å². The second kappa shape index (κ2) is 4.14. The highest BCUT2D eigenvalue weighted by Crippen LogP contribution is 2.23. The Kier molecular flexibility index (Phi) is 2.68. The molecule has 5 heteroatoms. The molecule has 0 fully saturated rings. The van der Waals surface area contributed by atoms with Crippen molar-refractivity contribution in [2.45, 2.75) is 0 Å². The van der Waals surface area contributed by atoms with E-state index >= 15 is 0 Å². The lowest BCUT2D eigenvalue weighted by atomic mass is 10.2. The van der Waals surface area contributed by atoms with Crippen molar-refractivity contribution < 1.29 is 8.78 Å². The average molecular weight is 221 g/mol. The number of halogens is 2. The van der Waals surface area contributed by atoms with Crippen molar-refractivity contribution in [3.63, 3.8) is 0 Å². The van der Waals surface area contributed by atoms with Crippen LogP contribution < -0.4 is 11.1 Å². The largest absolute Gasteiger partial charge is 0.384 e. The number of para-hydroxylation sites is 1. The molecular formula is C11H9F2N3. The third-order valence-electron chi connectivity index (χ3n) is 2.01. The van der Waals surface area contributed by atoms with Crippen molar-refractivity contribution in [2.75, 3.05) is 11.1 Å². The van der Waals surface area contributed by atoms with Crippen molar-refractivity contribution >= 4 is 17.2 Å². The predicted molar refractivity (Wildman–Crippen MR) is 58.3 cm³/mol. The Balaban J connectivity index is 2.34. The van der Waals surface area contributed by atoms with E-state index in [0.717, 1.165) is 0 Å². The molecule has 0 aliphatic heterocycles. The minimum Gasteiger partial charge on any atom is -0.384 e. The Morgan fingerprint density at radius 3 is 2.44 bits per heavy atom. The number of benzene rings is 1. The molecule has 0 aliphatic rings. The van der Waals surface area contributed by atoms with Gasteiger partial charge < -0.3 is 11.1 Å². The molecule has 0 atom stereocenters. The smallest absolute Gasteiger partial charge is 0.149 e. The standard InChI is InChI=1S/C11H9F2N3/c12-8-2-1-3-9(13)11(8)16-7-4-5-15-10(14)6-7/h1-6H,(H3,14,15,16). The zero-order valence-electron chi connectivity index (χ0n) is 8.24. The van der Waals surface area contributed by atoms with Gasteiger partial charge in [-0.25, -0.2) is 13.8 Å². The van der Waals surface area contributed by atoms with Crippen molar-refractivity contribution in [1.29, 1.82) is 0 Å². The molecule has 0 aliphatic carbocycles. The minimum atomic E-state index is -0.657. The zero-order chi connectivity index (χ0) is 11.5.